The number of amides is 4. The first-order chi connectivity index (χ1) is 21.9. The van der Waals surface area contributed by atoms with Crippen molar-refractivity contribution >= 4 is 35.1 Å². The van der Waals surface area contributed by atoms with Gasteiger partial charge in [0.15, 0.2) is 11.6 Å². The number of nitrogens with zero attached hydrogens (tertiary/aromatic N) is 3. The molecule has 1 aliphatic rings. The number of likely N-dealkylation sites (tertiary alicyclic amines) is 1. The molecule has 0 radical (unpaired) electrons. The maximum atomic E-state index is 13.8. The largest absolute Gasteiger partial charge is 0.444 e. The monoisotopic (exact) mass is 636 g/mol. The summed E-state index contributed by atoms with van der Waals surface area (Å²) in [6.45, 7) is 11.0. The number of para-hydroxylation sites is 2. The van der Waals surface area contributed by atoms with Crippen molar-refractivity contribution < 1.29 is 27.9 Å². The standard InChI is InChI=1S/C34H42F2N6O4/c1-23-14-18-41(19-15-23)16-7-17-42(32(44)38-25-11-12-26(35)27(36)20-25)22-24-10-13-30(37-21-24)31(43)39-28-8-5-6-9-29(28)40-33(45)46-34(2,3)4/h5-6,8-13,20-21,23H,7,14-19,22H2,1-4H3,(H,38,44)(H,39,43)(H,40,45). The third-order valence-electron chi connectivity index (χ3n) is 7.48. The first kappa shape index (κ1) is 34.3. The van der Waals surface area contributed by atoms with Crippen LogP contribution in [0.1, 0.15) is 63.0 Å². The summed E-state index contributed by atoms with van der Waals surface area (Å²) in [6, 6.07) is 12.7. The first-order valence-corrected chi connectivity index (χ1v) is 15.4. The van der Waals surface area contributed by atoms with Crippen LogP contribution in [-0.4, -0.2) is 64.6 Å². The summed E-state index contributed by atoms with van der Waals surface area (Å²) in [6.07, 6.45) is 3.89. The van der Waals surface area contributed by atoms with E-state index in [0.717, 1.165) is 56.9 Å². The molecule has 2 heterocycles. The summed E-state index contributed by atoms with van der Waals surface area (Å²) in [5.74, 6) is -1.82. The molecule has 1 saturated heterocycles. The number of benzene rings is 2. The Bertz CT molecular complexity index is 1500. The van der Waals surface area contributed by atoms with Gasteiger partial charge in [-0.05, 0) is 101 Å². The number of piperidine rings is 1. The lowest BCUT2D eigenvalue weighted by Crippen LogP contribution is -2.38. The maximum absolute atomic E-state index is 13.8. The molecular formula is C34H42F2N6O4. The molecule has 246 valence electrons. The third kappa shape index (κ3) is 10.5. The van der Waals surface area contributed by atoms with E-state index >= 15 is 0 Å². The van der Waals surface area contributed by atoms with Gasteiger partial charge in [0.25, 0.3) is 5.91 Å². The second-order valence-electron chi connectivity index (χ2n) is 12.5. The molecule has 3 N–H and O–H groups in total. The highest BCUT2D eigenvalue weighted by Crippen LogP contribution is 2.23. The van der Waals surface area contributed by atoms with Gasteiger partial charge < -0.3 is 25.2 Å². The number of aromatic nitrogens is 1. The van der Waals surface area contributed by atoms with Crippen molar-refractivity contribution in [1.29, 1.82) is 0 Å². The number of hydrogen-bond acceptors (Lipinski definition) is 6. The second kappa shape index (κ2) is 15.6. The van der Waals surface area contributed by atoms with Crippen LogP contribution in [0.4, 0.5) is 35.4 Å². The van der Waals surface area contributed by atoms with Crippen molar-refractivity contribution in [3.05, 3.63) is 83.7 Å². The molecule has 1 aliphatic heterocycles. The Morgan fingerprint density at radius 3 is 2.28 bits per heavy atom. The number of urea groups is 1. The lowest BCUT2D eigenvalue weighted by Gasteiger charge is -2.31. The Labute approximate surface area is 268 Å². The average Bonchev–Trinajstić information content (AvgIpc) is 3.00. The lowest BCUT2D eigenvalue weighted by molar-refractivity contribution is 0.0635. The number of anilines is 3. The summed E-state index contributed by atoms with van der Waals surface area (Å²) in [7, 11) is 0. The minimum atomic E-state index is -1.05. The van der Waals surface area contributed by atoms with Gasteiger partial charge in [0, 0.05) is 31.0 Å². The summed E-state index contributed by atoms with van der Waals surface area (Å²) in [4.78, 5) is 46.9. The summed E-state index contributed by atoms with van der Waals surface area (Å²) >= 11 is 0. The number of pyridine rings is 1. The van der Waals surface area contributed by atoms with Crippen molar-refractivity contribution in [3.8, 4) is 0 Å². The van der Waals surface area contributed by atoms with E-state index in [1.807, 2.05) is 0 Å². The zero-order valence-electron chi connectivity index (χ0n) is 26.7. The molecular weight excluding hydrogens is 594 g/mol. The highest BCUT2D eigenvalue weighted by atomic mass is 19.2. The van der Waals surface area contributed by atoms with Crippen LogP contribution in [0.5, 0.6) is 0 Å². The molecule has 0 atom stereocenters. The topological polar surface area (TPSA) is 116 Å². The fourth-order valence-corrected chi connectivity index (χ4v) is 4.97. The second-order valence-corrected chi connectivity index (χ2v) is 12.5. The minimum absolute atomic E-state index is 0.132. The van der Waals surface area contributed by atoms with E-state index in [1.54, 1.807) is 62.1 Å². The quantitative estimate of drug-likeness (QED) is 0.218. The van der Waals surface area contributed by atoms with E-state index < -0.39 is 35.3 Å². The van der Waals surface area contributed by atoms with Gasteiger partial charge in [0.2, 0.25) is 0 Å². The minimum Gasteiger partial charge on any atom is -0.444 e. The van der Waals surface area contributed by atoms with E-state index in [-0.39, 0.29) is 17.9 Å². The Morgan fingerprint density at radius 1 is 0.957 bits per heavy atom. The predicted molar refractivity (Wildman–Crippen MR) is 174 cm³/mol. The van der Waals surface area contributed by atoms with Crippen LogP contribution in [0.2, 0.25) is 0 Å². The molecule has 1 aromatic heterocycles. The Balaban J connectivity index is 1.41. The van der Waals surface area contributed by atoms with Gasteiger partial charge >= 0.3 is 12.1 Å². The number of hydrogen-bond donors (Lipinski definition) is 3. The fourth-order valence-electron chi connectivity index (χ4n) is 4.97. The summed E-state index contributed by atoms with van der Waals surface area (Å²) in [5, 5.41) is 8.06. The van der Waals surface area contributed by atoms with Gasteiger partial charge in [-0.15, -0.1) is 0 Å². The van der Waals surface area contributed by atoms with E-state index in [2.05, 4.69) is 32.8 Å². The van der Waals surface area contributed by atoms with Crippen LogP contribution in [0.3, 0.4) is 0 Å². The highest BCUT2D eigenvalue weighted by molar-refractivity contribution is 6.05. The molecule has 0 unspecified atom stereocenters. The zero-order chi connectivity index (χ0) is 33.3. The van der Waals surface area contributed by atoms with Crippen LogP contribution in [0.15, 0.2) is 60.8 Å². The summed E-state index contributed by atoms with van der Waals surface area (Å²) < 4.78 is 32.5. The molecule has 0 spiro atoms. The van der Waals surface area contributed by atoms with Gasteiger partial charge in [-0.1, -0.05) is 25.1 Å². The molecule has 12 heteroatoms. The van der Waals surface area contributed by atoms with Gasteiger partial charge in [0.1, 0.15) is 11.3 Å². The molecule has 0 saturated carbocycles. The Morgan fingerprint density at radius 2 is 1.65 bits per heavy atom. The van der Waals surface area contributed by atoms with Gasteiger partial charge in [0.05, 0.1) is 11.4 Å². The predicted octanol–water partition coefficient (Wildman–Crippen LogP) is 7.12. The first-order valence-electron chi connectivity index (χ1n) is 15.4. The molecule has 1 fully saturated rings. The van der Waals surface area contributed by atoms with Gasteiger partial charge in [-0.3, -0.25) is 15.1 Å². The number of ether oxygens (including phenoxy) is 1. The van der Waals surface area contributed by atoms with Crippen molar-refractivity contribution in [1.82, 2.24) is 14.8 Å². The molecule has 0 aliphatic carbocycles. The van der Waals surface area contributed by atoms with Crippen molar-refractivity contribution in [2.45, 2.75) is 59.1 Å². The smallest absolute Gasteiger partial charge is 0.412 e. The number of rotatable bonds is 10. The molecule has 2 aromatic carbocycles. The lowest BCUT2D eigenvalue weighted by atomic mass is 9.99. The molecule has 3 aromatic rings. The molecule has 4 rings (SSSR count). The SMILES string of the molecule is CC1CCN(CCCN(Cc2ccc(C(=O)Nc3ccccc3NC(=O)OC(C)(C)C)nc2)C(=O)Nc2ccc(F)c(F)c2)CC1. The molecule has 10 nitrogen and oxygen atoms in total. The molecule has 46 heavy (non-hydrogen) atoms. The normalized spacial score (nSPS) is 14.0. The van der Waals surface area contributed by atoms with Crippen LogP contribution in [0, 0.1) is 17.6 Å². The van der Waals surface area contributed by atoms with E-state index in [1.165, 1.54) is 12.3 Å². The fraction of sp³-hybridized carbons (Fsp3) is 0.412. The Hall–Kier alpha value is -4.58. The van der Waals surface area contributed by atoms with Crippen molar-refractivity contribution in [2.75, 3.05) is 42.1 Å². The van der Waals surface area contributed by atoms with Crippen LogP contribution in [-0.2, 0) is 11.3 Å². The van der Waals surface area contributed by atoms with Crippen LogP contribution in [0.25, 0.3) is 0 Å². The molecule has 4 amide bonds. The van der Waals surface area contributed by atoms with Gasteiger partial charge in [-0.2, -0.15) is 0 Å². The molecule has 0 bridgehead atoms. The maximum Gasteiger partial charge on any atom is 0.412 e. The van der Waals surface area contributed by atoms with Gasteiger partial charge in [-0.25, -0.2) is 18.4 Å². The van der Waals surface area contributed by atoms with Crippen molar-refractivity contribution in [2.24, 2.45) is 5.92 Å². The zero-order valence-corrected chi connectivity index (χ0v) is 26.7. The summed E-state index contributed by atoms with van der Waals surface area (Å²) in [5.41, 5.74) is 1.00. The van der Waals surface area contributed by atoms with Crippen LogP contribution < -0.4 is 16.0 Å². The number of nitrogens with one attached hydrogen (secondary N) is 3. The Kier molecular flexibility index (Phi) is 11.6. The van der Waals surface area contributed by atoms with E-state index in [9.17, 15) is 23.2 Å². The number of carbonyl (C=O) groups excluding carboxylic acids is 3. The van der Waals surface area contributed by atoms with E-state index in [0.29, 0.717) is 23.5 Å². The number of carbonyl (C=O) groups is 3. The third-order valence-corrected chi connectivity index (χ3v) is 7.48. The van der Waals surface area contributed by atoms with Crippen molar-refractivity contribution in [3.63, 3.8) is 0 Å². The number of halogens is 2. The van der Waals surface area contributed by atoms with Crippen LogP contribution >= 0.6 is 0 Å². The van der Waals surface area contributed by atoms with E-state index in [4.69, 9.17) is 4.74 Å². The average molecular weight is 637 g/mol. The highest BCUT2D eigenvalue weighted by Gasteiger charge is 2.20.